The molecule has 1 amide bonds. The Labute approximate surface area is 161 Å². The van der Waals surface area contributed by atoms with Gasteiger partial charge in [0.1, 0.15) is 5.69 Å². The molecule has 0 radical (unpaired) electrons. The first kappa shape index (κ1) is 19.3. The number of ketones is 1. The van der Waals surface area contributed by atoms with Gasteiger partial charge in [0.2, 0.25) is 5.91 Å². The summed E-state index contributed by atoms with van der Waals surface area (Å²) in [7, 11) is 0. The third kappa shape index (κ3) is 4.62. The third-order valence-electron chi connectivity index (χ3n) is 4.13. The van der Waals surface area contributed by atoms with Gasteiger partial charge in [0.25, 0.3) is 0 Å². The second kappa shape index (κ2) is 8.47. The van der Waals surface area contributed by atoms with Crippen LogP contribution in [0.25, 0.3) is 11.0 Å². The van der Waals surface area contributed by atoms with Crippen molar-refractivity contribution in [2.24, 2.45) is 5.92 Å². The Kier molecular flexibility index (Phi) is 5.84. The van der Waals surface area contributed by atoms with Crippen molar-refractivity contribution in [2.45, 2.75) is 20.3 Å². The molecule has 3 aromatic rings. The first-order valence-electron chi connectivity index (χ1n) is 8.87. The van der Waals surface area contributed by atoms with E-state index in [1.165, 1.54) is 0 Å². The minimum absolute atomic E-state index is 0.0789. The number of Topliss-reactive ketones (excluding diaryl/α,β-unsaturated/α-hetero) is 1. The number of fused-ring (bicyclic) bond motifs is 1. The van der Waals surface area contributed by atoms with E-state index in [-0.39, 0.29) is 30.6 Å². The molecule has 0 aliphatic carbocycles. The monoisotopic (exact) mass is 380 g/mol. The smallest absolute Gasteiger partial charge is 0.312 e. The molecule has 0 unspecified atom stereocenters. The van der Waals surface area contributed by atoms with Crippen LogP contribution in [-0.4, -0.2) is 29.4 Å². The maximum absolute atomic E-state index is 12.2. The number of hydrogen-bond donors (Lipinski definition) is 1. The van der Waals surface area contributed by atoms with Gasteiger partial charge in [-0.3, -0.25) is 14.4 Å². The second-order valence-electron chi connectivity index (χ2n) is 6.61. The first-order valence-corrected chi connectivity index (χ1v) is 8.87. The number of carbonyl (C=O) groups is 3. The van der Waals surface area contributed by atoms with Crippen LogP contribution in [0.3, 0.4) is 0 Å². The summed E-state index contributed by atoms with van der Waals surface area (Å²) in [5, 5.41) is 7.36. The van der Waals surface area contributed by atoms with Gasteiger partial charge in [-0.1, -0.05) is 31.1 Å². The summed E-state index contributed by atoms with van der Waals surface area (Å²) in [6, 6.07) is 13.6. The van der Waals surface area contributed by atoms with Crippen molar-refractivity contribution in [3.63, 3.8) is 0 Å². The maximum atomic E-state index is 12.2. The van der Waals surface area contributed by atoms with Gasteiger partial charge in [0, 0.05) is 22.6 Å². The number of hydrogen-bond acceptors (Lipinski definition) is 6. The van der Waals surface area contributed by atoms with Crippen molar-refractivity contribution in [2.75, 3.05) is 11.9 Å². The third-order valence-corrected chi connectivity index (χ3v) is 4.13. The fourth-order valence-electron chi connectivity index (χ4n) is 2.51. The first-order chi connectivity index (χ1) is 13.4. The number of nitrogens with one attached hydrogen (secondary N) is 1. The van der Waals surface area contributed by atoms with E-state index >= 15 is 0 Å². The molecule has 0 atom stereocenters. The van der Waals surface area contributed by atoms with Crippen molar-refractivity contribution >= 4 is 34.3 Å². The van der Waals surface area contributed by atoms with Gasteiger partial charge in [0.15, 0.2) is 18.0 Å². The molecule has 0 saturated carbocycles. The van der Waals surface area contributed by atoms with Crippen LogP contribution in [0.5, 0.6) is 0 Å². The van der Waals surface area contributed by atoms with Crippen molar-refractivity contribution in [1.29, 1.82) is 0 Å². The summed E-state index contributed by atoms with van der Waals surface area (Å²) in [6.07, 6.45) is -0.0789. The molecule has 1 aromatic heterocycles. The lowest BCUT2D eigenvalue weighted by atomic mass is 10.1. The zero-order valence-electron chi connectivity index (χ0n) is 15.6. The van der Waals surface area contributed by atoms with E-state index in [1.807, 2.05) is 12.1 Å². The Morgan fingerprint density at radius 1 is 1.07 bits per heavy atom. The molecule has 0 saturated heterocycles. The molecule has 0 fully saturated rings. The fraction of sp³-hybridized carbons (Fsp3) is 0.238. The summed E-state index contributed by atoms with van der Waals surface area (Å²) in [4.78, 5) is 35.9. The number of para-hydroxylation sites is 1. The van der Waals surface area contributed by atoms with E-state index in [4.69, 9.17) is 9.26 Å². The number of nitrogens with zero attached hydrogens (tertiary/aromatic N) is 1. The zero-order valence-corrected chi connectivity index (χ0v) is 15.6. The number of amides is 1. The number of aromatic nitrogens is 1. The van der Waals surface area contributed by atoms with Gasteiger partial charge in [-0.25, -0.2) is 0 Å². The number of carbonyl (C=O) groups excluding carboxylic acids is 3. The minimum atomic E-state index is -0.562. The van der Waals surface area contributed by atoms with E-state index in [0.29, 0.717) is 22.5 Å². The highest BCUT2D eigenvalue weighted by atomic mass is 16.5. The highest BCUT2D eigenvalue weighted by Crippen LogP contribution is 2.18. The molecule has 0 bridgehead atoms. The topological polar surface area (TPSA) is 98.5 Å². The van der Waals surface area contributed by atoms with Crippen molar-refractivity contribution in [1.82, 2.24) is 5.16 Å². The minimum Gasteiger partial charge on any atom is -0.457 e. The summed E-state index contributed by atoms with van der Waals surface area (Å²) in [5.74, 6) is -1.13. The molecule has 7 heteroatoms. The SMILES string of the molecule is CC(C)C(=O)Nc1ccc(C(=O)COC(=O)Cc2noc3ccccc23)cc1. The highest BCUT2D eigenvalue weighted by Gasteiger charge is 2.15. The van der Waals surface area contributed by atoms with Gasteiger partial charge in [-0.05, 0) is 36.4 Å². The standard InChI is InChI=1S/C21H20N2O5/c1-13(2)21(26)22-15-9-7-14(8-10-15)18(24)12-27-20(25)11-17-16-5-3-4-6-19(16)28-23-17/h3-10,13H,11-12H2,1-2H3,(H,22,26). The summed E-state index contributed by atoms with van der Waals surface area (Å²) >= 11 is 0. The van der Waals surface area contributed by atoms with Crippen LogP contribution in [0, 0.1) is 5.92 Å². The van der Waals surface area contributed by atoms with Gasteiger partial charge in [-0.2, -0.15) is 0 Å². The molecule has 1 heterocycles. The average Bonchev–Trinajstić information content (AvgIpc) is 3.09. The van der Waals surface area contributed by atoms with E-state index in [2.05, 4.69) is 10.5 Å². The lowest BCUT2D eigenvalue weighted by Crippen LogP contribution is -2.18. The van der Waals surface area contributed by atoms with Crippen LogP contribution in [0.15, 0.2) is 53.1 Å². The quantitative estimate of drug-likeness (QED) is 0.498. The van der Waals surface area contributed by atoms with Gasteiger partial charge in [-0.15, -0.1) is 0 Å². The molecule has 1 N–H and O–H groups in total. The molecule has 0 aliphatic heterocycles. The average molecular weight is 380 g/mol. The molecular formula is C21H20N2O5. The number of benzene rings is 2. The molecule has 144 valence electrons. The van der Waals surface area contributed by atoms with Gasteiger partial charge < -0.3 is 14.6 Å². The van der Waals surface area contributed by atoms with Gasteiger partial charge >= 0.3 is 5.97 Å². The molecule has 28 heavy (non-hydrogen) atoms. The van der Waals surface area contributed by atoms with Crippen LogP contribution >= 0.6 is 0 Å². The lowest BCUT2D eigenvalue weighted by molar-refractivity contribution is -0.141. The molecule has 7 nitrogen and oxygen atoms in total. The Bertz CT molecular complexity index is 1010. The molecule has 3 rings (SSSR count). The number of esters is 1. The van der Waals surface area contributed by atoms with Crippen LogP contribution in [0.2, 0.25) is 0 Å². The number of rotatable bonds is 7. The molecular weight excluding hydrogens is 360 g/mol. The van der Waals surface area contributed by atoms with Crippen LogP contribution in [0.1, 0.15) is 29.9 Å². The Morgan fingerprint density at radius 3 is 2.50 bits per heavy atom. The van der Waals surface area contributed by atoms with Gasteiger partial charge in [0.05, 0.1) is 6.42 Å². The maximum Gasteiger partial charge on any atom is 0.312 e. The Hall–Kier alpha value is -3.48. The van der Waals surface area contributed by atoms with Crippen LogP contribution in [0.4, 0.5) is 5.69 Å². The van der Waals surface area contributed by atoms with Crippen LogP contribution < -0.4 is 5.32 Å². The molecule has 0 spiro atoms. The Balaban J connectivity index is 1.53. The Morgan fingerprint density at radius 2 is 1.79 bits per heavy atom. The summed E-state index contributed by atoms with van der Waals surface area (Å²) < 4.78 is 10.2. The van der Waals surface area contributed by atoms with E-state index in [9.17, 15) is 14.4 Å². The molecule has 0 aliphatic rings. The fourth-order valence-corrected chi connectivity index (χ4v) is 2.51. The summed E-state index contributed by atoms with van der Waals surface area (Å²) in [5.41, 5.74) is 2.05. The number of ether oxygens (including phenoxy) is 1. The highest BCUT2D eigenvalue weighted by molar-refractivity contribution is 5.99. The zero-order chi connectivity index (χ0) is 20.1. The van der Waals surface area contributed by atoms with E-state index < -0.39 is 5.97 Å². The van der Waals surface area contributed by atoms with E-state index in [0.717, 1.165) is 5.39 Å². The normalized spacial score (nSPS) is 10.8. The van der Waals surface area contributed by atoms with Crippen molar-refractivity contribution in [3.05, 3.63) is 59.8 Å². The van der Waals surface area contributed by atoms with Crippen molar-refractivity contribution < 1.29 is 23.6 Å². The molecule has 2 aromatic carbocycles. The summed E-state index contributed by atoms with van der Waals surface area (Å²) in [6.45, 7) is 3.22. The predicted molar refractivity (Wildman–Crippen MR) is 103 cm³/mol. The number of anilines is 1. The second-order valence-corrected chi connectivity index (χ2v) is 6.61. The lowest BCUT2D eigenvalue weighted by Gasteiger charge is -2.08. The van der Waals surface area contributed by atoms with Crippen molar-refractivity contribution in [3.8, 4) is 0 Å². The van der Waals surface area contributed by atoms with Crippen LogP contribution in [-0.2, 0) is 20.7 Å². The predicted octanol–water partition coefficient (Wildman–Crippen LogP) is 3.39. The largest absolute Gasteiger partial charge is 0.457 e. The van der Waals surface area contributed by atoms with E-state index in [1.54, 1.807) is 50.2 Å².